The fourth-order valence-corrected chi connectivity index (χ4v) is 3.63. The summed E-state index contributed by atoms with van der Waals surface area (Å²) in [6, 6.07) is 5.09. The van der Waals surface area contributed by atoms with Gasteiger partial charge in [-0.2, -0.15) is 0 Å². The maximum Gasteiger partial charge on any atom is 0.240 e. The lowest BCUT2D eigenvalue weighted by molar-refractivity contribution is 0.382. The predicted molar refractivity (Wildman–Crippen MR) is 88.6 cm³/mol. The van der Waals surface area contributed by atoms with E-state index in [1.165, 1.54) is 12.5 Å². The molecule has 1 aliphatic rings. The van der Waals surface area contributed by atoms with Crippen molar-refractivity contribution >= 4 is 27.6 Å². The number of nitrogens with two attached hydrogens (primary N) is 1. The molecule has 0 spiro atoms. The first kappa shape index (κ1) is 17.1. The molecule has 8 heteroatoms. The first-order chi connectivity index (χ1) is 10.4. The third kappa shape index (κ3) is 4.59. The number of nitrogens with one attached hydrogen (secondary N) is 2. The van der Waals surface area contributed by atoms with Gasteiger partial charge in [-0.25, -0.2) is 13.1 Å². The predicted octanol–water partition coefficient (Wildman–Crippen LogP) is 1.38. The minimum absolute atomic E-state index is 0.192. The van der Waals surface area contributed by atoms with Gasteiger partial charge in [0.05, 0.1) is 11.4 Å². The molecular weight excluding hydrogens is 324 g/mol. The Morgan fingerprint density at radius 2 is 2.18 bits per heavy atom. The van der Waals surface area contributed by atoms with Crippen molar-refractivity contribution in [3.63, 3.8) is 0 Å². The fourth-order valence-electron chi connectivity index (χ4n) is 2.16. The molecule has 122 valence electrons. The third-order valence-corrected chi connectivity index (χ3v) is 5.43. The van der Waals surface area contributed by atoms with Crippen molar-refractivity contribution in [2.45, 2.75) is 37.1 Å². The van der Waals surface area contributed by atoms with Crippen molar-refractivity contribution in [2.75, 3.05) is 13.1 Å². The molecule has 0 atom stereocenters. The summed E-state index contributed by atoms with van der Waals surface area (Å²) in [4.78, 5) is 4.34. The summed E-state index contributed by atoms with van der Waals surface area (Å²) in [5.41, 5.74) is 6.34. The largest absolute Gasteiger partial charge is 0.370 e. The summed E-state index contributed by atoms with van der Waals surface area (Å²) < 4.78 is 26.9. The molecule has 0 radical (unpaired) electrons. The lowest BCUT2D eigenvalue weighted by Crippen LogP contribution is -2.44. The van der Waals surface area contributed by atoms with Crippen LogP contribution >= 0.6 is 11.6 Å². The van der Waals surface area contributed by atoms with Crippen LogP contribution in [0.4, 0.5) is 0 Å². The zero-order chi connectivity index (χ0) is 16.2. The molecule has 0 heterocycles. The number of aliphatic imine (C=N–C) groups is 1. The van der Waals surface area contributed by atoms with Gasteiger partial charge in [-0.1, -0.05) is 11.6 Å². The van der Waals surface area contributed by atoms with E-state index in [1.54, 1.807) is 19.1 Å². The first-order valence-corrected chi connectivity index (χ1v) is 9.07. The maximum absolute atomic E-state index is 12.2. The van der Waals surface area contributed by atoms with E-state index in [2.05, 4.69) is 15.0 Å². The summed E-state index contributed by atoms with van der Waals surface area (Å²) in [6.45, 7) is 2.19. The summed E-state index contributed by atoms with van der Waals surface area (Å²) in [5.74, 6) is 0.367. The summed E-state index contributed by atoms with van der Waals surface area (Å²) in [5, 5.41) is 3.61. The second-order valence-corrected chi connectivity index (χ2v) is 7.52. The standard InChI is InChI=1S/C14H21ClN4O2S/c1-10-9-11(15)5-6-13(10)22(20,21)18-8-7-17-14(16)19-12-3-2-4-12/h5-6,9,12,18H,2-4,7-8H2,1H3,(H3,16,17,19). The molecule has 1 aromatic rings. The minimum atomic E-state index is -3.56. The second-order valence-electron chi connectivity index (χ2n) is 5.35. The zero-order valence-corrected chi connectivity index (χ0v) is 14.0. The van der Waals surface area contributed by atoms with E-state index in [-0.39, 0.29) is 18.0 Å². The van der Waals surface area contributed by atoms with Crippen molar-refractivity contribution in [2.24, 2.45) is 10.7 Å². The Hall–Kier alpha value is -1.31. The van der Waals surface area contributed by atoms with Crippen LogP contribution in [0.5, 0.6) is 0 Å². The molecule has 6 nitrogen and oxygen atoms in total. The number of hydrogen-bond donors (Lipinski definition) is 3. The quantitative estimate of drug-likeness (QED) is 0.412. The Bertz CT molecular complexity index is 657. The van der Waals surface area contributed by atoms with Crippen molar-refractivity contribution in [1.29, 1.82) is 0 Å². The van der Waals surface area contributed by atoms with E-state index in [9.17, 15) is 8.42 Å². The number of benzene rings is 1. The topological polar surface area (TPSA) is 96.6 Å². The number of guanidine groups is 1. The fraction of sp³-hybridized carbons (Fsp3) is 0.500. The molecular formula is C14H21ClN4O2S. The van der Waals surface area contributed by atoms with Crippen LogP contribution in [-0.4, -0.2) is 33.5 Å². The van der Waals surface area contributed by atoms with E-state index in [4.69, 9.17) is 17.3 Å². The van der Waals surface area contributed by atoms with Gasteiger partial charge in [0.1, 0.15) is 0 Å². The van der Waals surface area contributed by atoms with E-state index < -0.39 is 10.0 Å². The van der Waals surface area contributed by atoms with Crippen molar-refractivity contribution in [3.8, 4) is 0 Å². The van der Waals surface area contributed by atoms with E-state index in [1.807, 2.05) is 0 Å². The molecule has 0 bridgehead atoms. The van der Waals surface area contributed by atoms with Crippen molar-refractivity contribution in [1.82, 2.24) is 10.0 Å². The normalized spacial score (nSPS) is 16.4. The van der Waals surface area contributed by atoms with Crippen LogP contribution in [0.1, 0.15) is 24.8 Å². The zero-order valence-electron chi connectivity index (χ0n) is 12.5. The molecule has 0 saturated heterocycles. The van der Waals surface area contributed by atoms with E-state index in [0.29, 0.717) is 22.6 Å². The SMILES string of the molecule is Cc1cc(Cl)ccc1S(=O)(=O)NCCN=C(N)NC1CCC1. The average Bonchev–Trinajstić information content (AvgIpc) is 2.38. The average molecular weight is 345 g/mol. The molecule has 1 fully saturated rings. The van der Waals surface area contributed by atoms with Gasteiger partial charge in [-0.05, 0) is 49.9 Å². The number of nitrogens with zero attached hydrogens (tertiary/aromatic N) is 1. The minimum Gasteiger partial charge on any atom is -0.370 e. The highest BCUT2D eigenvalue weighted by atomic mass is 35.5. The van der Waals surface area contributed by atoms with Gasteiger partial charge in [0, 0.05) is 17.6 Å². The Morgan fingerprint density at radius 3 is 2.77 bits per heavy atom. The lowest BCUT2D eigenvalue weighted by atomic mass is 9.93. The Morgan fingerprint density at radius 1 is 1.45 bits per heavy atom. The van der Waals surface area contributed by atoms with E-state index in [0.717, 1.165) is 12.8 Å². The van der Waals surface area contributed by atoms with Gasteiger partial charge in [0.25, 0.3) is 0 Å². The molecule has 0 unspecified atom stereocenters. The van der Waals surface area contributed by atoms with Gasteiger partial charge in [-0.15, -0.1) is 0 Å². The number of halogens is 1. The monoisotopic (exact) mass is 344 g/mol. The highest BCUT2D eigenvalue weighted by molar-refractivity contribution is 7.89. The highest BCUT2D eigenvalue weighted by Crippen LogP contribution is 2.19. The van der Waals surface area contributed by atoms with Gasteiger partial charge in [0.15, 0.2) is 5.96 Å². The molecule has 2 rings (SSSR count). The van der Waals surface area contributed by atoms with Crippen LogP contribution in [0.3, 0.4) is 0 Å². The van der Waals surface area contributed by atoms with Crippen molar-refractivity contribution in [3.05, 3.63) is 28.8 Å². The van der Waals surface area contributed by atoms with Gasteiger partial charge in [-0.3, -0.25) is 4.99 Å². The van der Waals surface area contributed by atoms with Crippen LogP contribution in [0.2, 0.25) is 5.02 Å². The third-order valence-electron chi connectivity index (χ3n) is 3.57. The Labute approximate surface area is 136 Å². The smallest absolute Gasteiger partial charge is 0.240 e. The summed E-state index contributed by atoms with van der Waals surface area (Å²) in [6.07, 6.45) is 3.43. The number of hydrogen-bond acceptors (Lipinski definition) is 3. The van der Waals surface area contributed by atoms with Crippen LogP contribution in [0.15, 0.2) is 28.1 Å². The van der Waals surface area contributed by atoms with Crippen LogP contribution in [0.25, 0.3) is 0 Å². The molecule has 4 N–H and O–H groups in total. The molecule has 22 heavy (non-hydrogen) atoms. The van der Waals surface area contributed by atoms with Gasteiger partial charge in [0.2, 0.25) is 10.0 Å². The van der Waals surface area contributed by atoms with Gasteiger partial charge < -0.3 is 11.1 Å². The Kier molecular flexibility index (Phi) is 5.66. The van der Waals surface area contributed by atoms with Crippen LogP contribution < -0.4 is 15.8 Å². The lowest BCUT2D eigenvalue weighted by Gasteiger charge is -2.26. The summed E-state index contributed by atoms with van der Waals surface area (Å²) >= 11 is 5.83. The number of rotatable bonds is 6. The molecule has 1 aromatic carbocycles. The van der Waals surface area contributed by atoms with Crippen LogP contribution in [0, 0.1) is 6.92 Å². The molecule has 1 aliphatic carbocycles. The van der Waals surface area contributed by atoms with Crippen LogP contribution in [-0.2, 0) is 10.0 Å². The maximum atomic E-state index is 12.2. The molecule has 0 aliphatic heterocycles. The highest BCUT2D eigenvalue weighted by Gasteiger charge is 2.18. The molecule has 1 saturated carbocycles. The van der Waals surface area contributed by atoms with E-state index >= 15 is 0 Å². The summed E-state index contributed by atoms with van der Waals surface area (Å²) in [7, 11) is -3.56. The van der Waals surface area contributed by atoms with Gasteiger partial charge >= 0.3 is 0 Å². The number of aryl methyl sites for hydroxylation is 1. The first-order valence-electron chi connectivity index (χ1n) is 7.21. The second kappa shape index (κ2) is 7.30. The molecule has 0 amide bonds. The number of sulfonamides is 1. The Balaban J connectivity index is 1.85. The molecule has 0 aromatic heterocycles. The van der Waals surface area contributed by atoms with Crippen molar-refractivity contribution < 1.29 is 8.42 Å².